The first kappa shape index (κ1) is 31.2. The molecule has 4 rings (SSSR count). The second-order valence-electron chi connectivity index (χ2n) is 10.2. The van der Waals surface area contributed by atoms with Crippen LogP contribution in [0.1, 0.15) is 43.7 Å². The van der Waals surface area contributed by atoms with Crippen molar-refractivity contribution in [3.63, 3.8) is 0 Å². The van der Waals surface area contributed by atoms with Crippen LogP contribution < -0.4 is 9.62 Å². The van der Waals surface area contributed by atoms with Gasteiger partial charge in [-0.25, -0.2) is 8.42 Å². The topological polar surface area (TPSA) is 86.8 Å². The van der Waals surface area contributed by atoms with Crippen molar-refractivity contribution < 1.29 is 18.0 Å². The van der Waals surface area contributed by atoms with Crippen LogP contribution in [0.5, 0.6) is 0 Å². The van der Waals surface area contributed by atoms with Crippen LogP contribution in [0.3, 0.4) is 0 Å². The number of halogens is 3. The normalized spacial score (nSPS) is 14.5. The maximum absolute atomic E-state index is 14.0. The van der Waals surface area contributed by atoms with E-state index in [0.29, 0.717) is 20.6 Å². The Bertz CT molecular complexity index is 1510. The van der Waals surface area contributed by atoms with Crippen molar-refractivity contribution in [3.05, 3.63) is 92.9 Å². The van der Waals surface area contributed by atoms with E-state index in [1.807, 2.05) is 0 Å². The van der Waals surface area contributed by atoms with Crippen LogP contribution in [-0.2, 0) is 26.2 Å². The van der Waals surface area contributed by atoms with E-state index in [4.69, 9.17) is 34.8 Å². The third kappa shape index (κ3) is 7.55. The number of benzene rings is 3. The molecule has 1 atom stereocenters. The van der Waals surface area contributed by atoms with E-state index in [1.54, 1.807) is 62.4 Å². The van der Waals surface area contributed by atoms with Crippen molar-refractivity contribution in [1.82, 2.24) is 10.2 Å². The maximum atomic E-state index is 14.0. The lowest BCUT2D eigenvalue weighted by Gasteiger charge is -2.32. The zero-order chi connectivity index (χ0) is 29.7. The number of carbonyl (C=O) groups excluding carboxylic acids is 2. The van der Waals surface area contributed by atoms with Gasteiger partial charge in [-0.3, -0.25) is 13.9 Å². The Kier molecular flexibility index (Phi) is 10.2. The number of nitrogens with one attached hydrogen (secondary N) is 1. The summed E-state index contributed by atoms with van der Waals surface area (Å²) in [5, 5.41) is 4.07. The molecular formula is C30H32Cl3N3O4S. The molecule has 0 spiro atoms. The first-order valence-electron chi connectivity index (χ1n) is 13.3. The molecule has 7 nitrogen and oxygen atoms in total. The van der Waals surface area contributed by atoms with Gasteiger partial charge in [-0.1, -0.05) is 78.0 Å². The Hall–Kier alpha value is -2.78. The van der Waals surface area contributed by atoms with Gasteiger partial charge in [-0.2, -0.15) is 0 Å². The summed E-state index contributed by atoms with van der Waals surface area (Å²) in [5.41, 5.74) is 1.64. The predicted octanol–water partition coefficient (Wildman–Crippen LogP) is 6.63. The van der Waals surface area contributed by atoms with E-state index >= 15 is 0 Å². The first-order chi connectivity index (χ1) is 19.5. The molecule has 1 fully saturated rings. The van der Waals surface area contributed by atoms with E-state index < -0.39 is 28.5 Å². The molecule has 1 N–H and O–H groups in total. The van der Waals surface area contributed by atoms with Gasteiger partial charge in [0.25, 0.3) is 10.0 Å². The highest BCUT2D eigenvalue weighted by molar-refractivity contribution is 7.92. The number of hydrogen-bond acceptors (Lipinski definition) is 4. The summed E-state index contributed by atoms with van der Waals surface area (Å²) in [7, 11) is -4.17. The standard InChI is InChI=1S/C30H32Cl3N3O4S/c1-20-12-14-24(17-27(20)32)36(41(39,40)25-10-4-3-5-11-25)19-29(37)35(18-22-13-15-26(31)28(33)16-22)21(2)30(38)34-23-8-6-7-9-23/h3-5,10-17,21,23H,6-9,18-19H2,1-2H3,(H,34,38). The van der Waals surface area contributed by atoms with Crippen LogP contribution in [0.15, 0.2) is 71.6 Å². The molecule has 3 aromatic rings. The lowest BCUT2D eigenvalue weighted by Crippen LogP contribution is -2.52. The SMILES string of the molecule is Cc1ccc(N(CC(=O)N(Cc2ccc(Cl)c(Cl)c2)C(C)C(=O)NC2CCCC2)S(=O)(=O)c2ccccc2)cc1Cl. The summed E-state index contributed by atoms with van der Waals surface area (Å²) in [5.74, 6) is -0.873. The van der Waals surface area contributed by atoms with Crippen LogP contribution >= 0.6 is 34.8 Å². The maximum Gasteiger partial charge on any atom is 0.264 e. The van der Waals surface area contributed by atoms with E-state index in [9.17, 15) is 18.0 Å². The largest absolute Gasteiger partial charge is 0.352 e. The van der Waals surface area contributed by atoms with Crippen LogP contribution in [-0.4, -0.2) is 43.8 Å². The Balaban J connectivity index is 1.70. The Labute approximate surface area is 256 Å². The third-order valence-electron chi connectivity index (χ3n) is 7.26. The molecule has 0 radical (unpaired) electrons. The molecule has 0 aromatic heterocycles. The Morgan fingerprint density at radius 2 is 1.61 bits per heavy atom. The quantitative estimate of drug-likeness (QED) is 0.271. The van der Waals surface area contributed by atoms with Crippen LogP contribution in [0.2, 0.25) is 15.1 Å². The van der Waals surface area contributed by atoms with Crippen molar-refractivity contribution in [2.45, 2.75) is 63.1 Å². The number of hydrogen-bond donors (Lipinski definition) is 1. The van der Waals surface area contributed by atoms with Gasteiger partial charge in [0.15, 0.2) is 0 Å². The molecule has 1 unspecified atom stereocenters. The third-order valence-corrected chi connectivity index (χ3v) is 10.2. The zero-order valence-corrected chi connectivity index (χ0v) is 25.9. The van der Waals surface area contributed by atoms with E-state index in [0.717, 1.165) is 35.6 Å². The fraction of sp³-hybridized carbons (Fsp3) is 0.333. The Morgan fingerprint density at radius 1 is 0.927 bits per heavy atom. The van der Waals surface area contributed by atoms with E-state index in [1.165, 1.54) is 23.1 Å². The van der Waals surface area contributed by atoms with Gasteiger partial charge in [-0.05, 0) is 74.2 Å². The van der Waals surface area contributed by atoms with Crippen LogP contribution in [0, 0.1) is 6.92 Å². The molecule has 11 heteroatoms. The minimum absolute atomic E-state index is 0.0167. The lowest BCUT2D eigenvalue weighted by atomic mass is 10.1. The molecule has 1 saturated carbocycles. The van der Waals surface area contributed by atoms with Crippen molar-refractivity contribution in [2.24, 2.45) is 0 Å². The highest BCUT2D eigenvalue weighted by Gasteiger charge is 2.33. The number of nitrogens with zero attached hydrogens (tertiary/aromatic N) is 2. The fourth-order valence-corrected chi connectivity index (χ4v) is 6.72. The minimum Gasteiger partial charge on any atom is -0.352 e. The number of anilines is 1. The second kappa shape index (κ2) is 13.5. The molecule has 218 valence electrons. The smallest absolute Gasteiger partial charge is 0.264 e. The van der Waals surface area contributed by atoms with Crippen molar-refractivity contribution in [2.75, 3.05) is 10.8 Å². The van der Waals surface area contributed by atoms with Crippen LogP contribution in [0.25, 0.3) is 0 Å². The van der Waals surface area contributed by atoms with Gasteiger partial charge in [0.1, 0.15) is 12.6 Å². The molecule has 0 aliphatic heterocycles. The van der Waals surface area contributed by atoms with Gasteiger partial charge in [-0.15, -0.1) is 0 Å². The molecule has 3 aromatic carbocycles. The van der Waals surface area contributed by atoms with Crippen LogP contribution in [0.4, 0.5) is 5.69 Å². The molecule has 2 amide bonds. The zero-order valence-electron chi connectivity index (χ0n) is 22.8. The molecular weight excluding hydrogens is 605 g/mol. The van der Waals surface area contributed by atoms with Crippen molar-refractivity contribution in [3.8, 4) is 0 Å². The summed E-state index contributed by atoms with van der Waals surface area (Å²) in [6.07, 6.45) is 3.85. The molecule has 0 heterocycles. The monoisotopic (exact) mass is 635 g/mol. The summed E-state index contributed by atoms with van der Waals surface area (Å²) >= 11 is 18.7. The van der Waals surface area contributed by atoms with Gasteiger partial charge in [0.2, 0.25) is 11.8 Å². The number of carbonyl (C=O) groups is 2. The van der Waals surface area contributed by atoms with Gasteiger partial charge in [0, 0.05) is 17.6 Å². The number of rotatable bonds is 10. The van der Waals surface area contributed by atoms with E-state index in [2.05, 4.69) is 5.32 Å². The highest BCUT2D eigenvalue weighted by atomic mass is 35.5. The number of aryl methyl sites for hydroxylation is 1. The second-order valence-corrected chi connectivity index (χ2v) is 13.3. The predicted molar refractivity (Wildman–Crippen MR) is 164 cm³/mol. The average molecular weight is 637 g/mol. The average Bonchev–Trinajstić information content (AvgIpc) is 3.46. The number of sulfonamides is 1. The van der Waals surface area contributed by atoms with Gasteiger partial charge < -0.3 is 10.2 Å². The summed E-state index contributed by atoms with van der Waals surface area (Å²) in [6, 6.07) is 16.8. The minimum atomic E-state index is -4.17. The molecule has 0 bridgehead atoms. The van der Waals surface area contributed by atoms with Crippen molar-refractivity contribution in [1.29, 1.82) is 0 Å². The summed E-state index contributed by atoms with van der Waals surface area (Å²) in [4.78, 5) is 28.7. The molecule has 41 heavy (non-hydrogen) atoms. The summed E-state index contributed by atoms with van der Waals surface area (Å²) < 4.78 is 28.8. The number of amides is 2. The molecule has 0 saturated heterocycles. The van der Waals surface area contributed by atoms with Gasteiger partial charge >= 0.3 is 0 Å². The van der Waals surface area contributed by atoms with E-state index in [-0.39, 0.29) is 29.1 Å². The molecule has 1 aliphatic carbocycles. The van der Waals surface area contributed by atoms with Gasteiger partial charge in [0.05, 0.1) is 20.6 Å². The lowest BCUT2D eigenvalue weighted by molar-refractivity contribution is -0.139. The fourth-order valence-electron chi connectivity index (χ4n) is 4.79. The Morgan fingerprint density at radius 3 is 2.24 bits per heavy atom. The summed E-state index contributed by atoms with van der Waals surface area (Å²) in [6.45, 7) is 2.90. The first-order valence-corrected chi connectivity index (χ1v) is 15.9. The molecule has 1 aliphatic rings. The highest BCUT2D eigenvalue weighted by Crippen LogP contribution is 2.29. The van der Waals surface area contributed by atoms with Crippen molar-refractivity contribution >= 4 is 62.3 Å².